The number of aliphatic hydroxyl groups excluding tert-OH is 1. The summed E-state index contributed by atoms with van der Waals surface area (Å²) in [5.41, 5.74) is 0.700. The molecule has 1 aliphatic heterocycles. The Morgan fingerprint density at radius 2 is 2.36 bits per heavy atom. The highest BCUT2D eigenvalue weighted by Crippen LogP contribution is 2.36. The van der Waals surface area contributed by atoms with Crippen LogP contribution in [-0.2, 0) is 0 Å². The molecule has 0 aromatic carbocycles. The molecule has 0 saturated heterocycles. The highest BCUT2D eigenvalue weighted by molar-refractivity contribution is 7.20. The van der Waals surface area contributed by atoms with Crippen LogP contribution in [0.15, 0.2) is 18.2 Å². The summed E-state index contributed by atoms with van der Waals surface area (Å²) in [7, 11) is 0. The summed E-state index contributed by atoms with van der Waals surface area (Å²) in [4.78, 5) is 0. The summed E-state index contributed by atoms with van der Waals surface area (Å²) in [6.45, 7) is 0.789. The first-order valence-corrected chi connectivity index (χ1v) is 5.78. The molecule has 2 N–H and O–H groups in total. The van der Waals surface area contributed by atoms with Crippen molar-refractivity contribution in [3.63, 3.8) is 0 Å². The molecular formula is C9H9Cl2NOS. The number of thiophene rings is 1. The van der Waals surface area contributed by atoms with Crippen LogP contribution in [0.3, 0.4) is 0 Å². The van der Waals surface area contributed by atoms with Gasteiger partial charge in [0.15, 0.2) is 0 Å². The van der Waals surface area contributed by atoms with Gasteiger partial charge in [-0.05, 0) is 6.07 Å². The summed E-state index contributed by atoms with van der Waals surface area (Å²) in [5.74, 6) is 0. The van der Waals surface area contributed by atoms with Crippen LogP contribution in [0.4, 0.5) is 0 Å². The van der Waals surface area contributed by atoms with Crippen LogP contribution in [0, 0.1) is 0 Å². The van der Waals surface area contributed by atoms with E-state index in [1.807, 2.05) is 12.2 Å². The van der Waals surface area contributed by atoms with E-state index in [-0.39, 0.29) is 6.04 Å². The fourth-order valence-electron chi connectivity index (χ4n) is 1.45. The third kappa shape index (κ3) is 1.97. The van der Waals surface area contributed by atoms with Crippen LogP contribution >= 0.6 is 34.5 Å². The van der Waals surface area contributed by atoms with Crippen LogP contribution in [0.1, 0.15) is 11.7 Å². The topological polar surface area (TPSA) is 32.3 Å². The zero-order chi connectivity index (χ0) is 10.1. The Balaban J connectivity index is 2.21. The second-order valence-corrected chi connectivity index (χ2v) is 5.37. The van der Waals surface area contributed by atoms with E-state index in [1.165, 1.54) is 11.3 Å². The molecule has 2 heterocycles. The fourth-order valence-corrected chi connectivity index (χ4v) is 2.99. The molecule has 14 heavy (non-hydrogen) atoms. The maximum atomic E-state index is 9.96. The lowest BCUT2D eigenvalue weighted by atomic mass is 10.1. The van der Waals surface area contributed by atoms with Gasteiger partial charge in [0.25, 0.3) is 0 Å². The first kappa shape index (κ1) is 10.5. The van der Waals surface area contributed by atoms with E-state index in [9.17, 15) is 5.11 Å². The van der Waals surface area contributed by atoms with E-state index in [1.54, 1.807) is 6.07 Å². The molecule has 2 nitrogen and oxygen atoms in total. The van der Waals surface area contributed by atoms with Gasteiger partial charge in [-0.3, -0.25) is 0 Å². The lowest BCUT2D eigenvalue weighted by Gasteiger charge is -2.16. The van der Waals surface area contributed by atoms with Gasteiger partial charge in [-0.15, -0.1) is 11.3 Å². The minimum absolute atomic E-state index is 0.0573. The smallest absolute Gasteiger partial charge is 0.100 e. The molecule has 1 aromatic heterocycles. The Morgan fingerprint density at radius 3 is 2.86 bits per heavy atom. The predicted octanol–water partition coefficient (Wildman–Crippen LogP) is 2.62. The standard InChI is InChI=1S/C9H9Cl2NOS/c10-7-4-5(9(11)14-7)8(13)6-2-1-3-12-6/h1-2,4,6,8,12-13H,3H2. The number of halogens is 2. The van der Waals surface area contributed by atoms with Gasteiger partial charge in [0.1, 0.15) is 10.4 Å². The second kappa shape index (κ2) is 4.21. The normalized spacial score (nSPS) is 22.9. The van der Waals surface area contributed by atoms with Gasteiger partial charge in [0, 0.05) is 12.1 Å². The van der Waals surface area contributed by atoms with Crippen molar-refractivity contribution in [3.8, 4) is 0 Å². The SMILES string of the molecule is OC(c1cc(Cl)sc1Cl)C1C=CCN1. The Kier molecular flexibility index (Phi) is 3.14. The summed E-state index contributed by atoms with van der Waals surface area (Å²) >= 11 is 13.0. The monoisotopic (exact) mass is 249 g/mol. The molecule has 0 bridgehead atoms. The zero-order valence-corrected chi connectivity index (χ0v) is 9.53. The van der Waals surface area contributed by atoms with Gasteiger partial charge in [-0.2, -0.15) is 0 Å². The van der Waals surface area contributed by atoms with Crippen molar-refractivity contribution in [1.82, 2.24) is 5.32 Å². The van der Waals surface area contributed by atoms with Crippen LogP contribution in [0.2, 0.25) is 8.67 Å². The lowest BCUT2D eigenvalue weighted by molar-refractivity contribution is 0.153. The van der Waals surface area contributed by atoms with Gasteiger partial charge in [0.05, 0.1) is 10.4 Å². The average molecular weight is 250 g/mol. The maximum absolute atomic E-state index is 9.96. The fraction of sp³-hybridized carbons (Fsp3) is 0.333. The van der Waals surface area contributed by atoms with Gasteiger partial charge in [-0.1, -0.05) is 35.4 Å². The molecule has 2 atom stereocenters. The number of rotatable bonds is 2. The maximum Gasteiger partial charge on any atom is 0.100 e. The molecule has 0 radical (unpaired) electrons. The molecule has 0 amide bonds. The van der Waals surface area contributed by atoms with Crippen molar-refractivity contribution < 1.29 is 5.11 Å². The van der Waals surface area contributed by atoms with Crippen molar-refractivity contribution in [1.29, 1.82) is 0 Å². The summed E-state index contributed by atoms with van der Waals surface area (Å²) in [6.07, 6.45) is 3.30. The van der Waals surface area contributed by atoms with Gasteiger partial charge >= 0.3 is 0 Å². The average Bonchev–Trinajstić information content (AvgIpc) is 2.73. The van der Waals surface area contributed by atoms with Crippen LogP contribution in [0.25, 0.3) is 0 Å². The lowest BCUT2D eigenvalue weighted by Crippen LogP contribution is -2.28. The molecule has 0 fully saturated rings. The number of hydrogen-bond acceptors (Lipinski definition) is 3. The number of aliphatic hydroxyl groups is 1. The van der Waals surface area contributed by atoms with Crippen LogP contribution in [0.5, 0.6) is 0 Å². The largest absolute Gasteiger partial charge is 0.386 e. The third-order valence-corrected chi connectivity index (χ3v) is 3.67. The quantitative estimate of drug-likeness (QED) is 0.791. The Morgan fingerprint density at radius 1 is 1.57 bits per heavy atom. The van der Waals surface area contributed by atoms with Crippen LogP contribution in [-0.4, -0.2) is 17.7 Å². The van der Waals surface area contributed by atoms with E-state index in [2.05, 4.69) is 5.32 Å². The third-order valence-electron chi connectivity index (χ3n) is 2.16. The minimum atomic E-state index is -0.620. The van der Waals surface area contributed by atoms with Crippen molar-refractivity contribution in [2.45, 2.75) is 12.1 Å². The van der Waals surface area contributed by atoms with Gasteiger partial charge in [0.2, 0.25) is 0 Å². The van der Waals surface area contributed by atoms with Gasteiger partial charge < -0.3 is 10.4 Å². The Hall–Kier alpha value is -0.0600. The van der Waals surface area contributed by atoms with Crippen molar-refractivity contribution in [3.05, 3.63) is 32.5 Å². The highest BCUT2D eigenvalue weighted by Gasteiger charge is 2.23. The van der Waals surface area contributed by atoms with E-state index in [4.69, 9.17) is 23.2 Å². The van der Waals surface area contributed by atoms with Crippen molar-refractivity contribution in [2.24, 2.45) is 0 Å². The molecule has 5 heteroatoms. The van der Waals surface area contributed by atoms with Crippen molar-refractivity contribution in [2.75, 3.05) is 6.54 Å². The van der Waals surface area contributed by atoms with E-state index >= 15 is 0 Å². The van der Waals surface area contributed by atoms with Crippen molar-refractivity contribution >= 4 is 34.5 Å². The summed E-state index contributed by atoms with van der Waals surface area (Å²) in [6, 6.07) is 1.66. The van der Waals surface area contributed by atoms with Crippen LogP contribution < -0.4 is 5.32 Å². The molecule has 0 saturated carbocycles. The number of nitrogens with one attached hydrogen (secondary N) is 1. The first-order valence-electron chi connectivity index (χ1n) is 4.21. The Bertz CT molecular complexity index is 364. The Labute approximate surface area is 96.2 Å². The molecule has 1 aromatic rings. The summed E-state index contributed by atoms with van der Waals surface area (Å²) < 4.78 is 1.16. The molecule has 76 valence electrons. The number of hydrogen-bond donors (Lipinski definition) is 2. The van der Waals surface area contributed by atoms with E-state index < -0.39 is 6.10 Å². The molecule has 0 spiro atoms. The van der Waals surface area contributed by atoms with Gasteiger partial charge in [-0.25, -0.2) is 0 Å². The predicted molar refractivity (Wildman–Crippen MR) is 60.2 cm³/mol. The van der Waals surface area contributed by atoms with E-state index in [0.717, 1.165) is 6.54 Å². The van der Waals surface area contributed by atoms with E-state index in [0.29, 0.717) is 14.2 Å². The molecular weight excluding hydrogens is 241 g/mol. The molecule has 2 unspecified atom stereocenters. The minimum Gasteiger partial charge on any atom is -0.386 e. The summed E-state index contributed by atoms with van der Waals surface area (Å²) in [5, 5.41) is 13.1. The highest BCUT2D eigenvalue weighted by atomic mass is 35.5. The molecule has 1 aliphatic rings. The second-order valence-electron chi connectivity index (χ2n) is 3.09. The zero-order valence-electron chi connectivity index (χ0n) is 7.21. The molecule has 0 aliphatic carbocycles. The molecule has 2 rings (SSSR count). The first-order chi connectivity index (χ1) is 6.68.